The molecule has 1 aliphatic rings. The van der Waals surface area contributed by atoms with Crippen molar-refractivity contribution in [2.45, 2.75) is 39.7 Å². The molecule has 1 aromatic rings. The monoisotopic (exact) mass is 410 g/mol. The van der Waals surface area contributed by atoms with Crippen LogP contribution < -0.4 is 8.92 Å². The van der Waals surface area contributed by atoms with Gasteiger partial charge < -0.3 is 13.7 Å². The Labute approximate surface area is 136 Å². The van der Waals surface area contributed by atoms with E-state index in [1.54, 1.807) is 6.92 Å². The minimum Gasteiger partial charge on any atom is -0.478 e. The number of hydrogen-bond acceptors (Lipinski definition) is 5. The fraction of sp³-hybridized carbons (Fsp3) is 0.500. The van der Waals surface area contributed by atoms with Gasteiger partial charge in [0.2, 0.25) is 6.10 Å². The maximum atomic E-state index is 11.8. The molecule has 1 aromatic carbocycles. The first kappa shape index (κ1) is 17.4. The maximum Gasteiger partial charge on any atom is 0.347 e. The second-order valence-corrected chi connectivity index (χ2v) is 5.30. The molecule has 0 aliphatic carbocycles. The van der Waals surface area contributed by atoms with Crippen molar-refractivity contribution in [1.82, 2.24) is 0 Å². The molecule has 2 atom stereocenters. The second kappa shape index (κ2) is 8.61. The molecule has 2 unspecified atom stereocenters. The Balaban J connectivity index is 0.000000956. The quantitative estimate of drug-likeness (QED) is 0.415. The number of fused-ring (bicyclic) bond motifs is 1. The molecule has 2 rings (SSSR count). The minimum atomic E-state index is -0.553. The smallest absolute Gasteiger partial charge is 0.347 e. The van der Waals surface area contributed by atoms with Gasteiger partial charge in [0.25, 0.3) is 0 Å². The number of hydrogen-bond donors (Lipinski definition) is 0. The number of rotatable bonds is 4. The predicted molar refractivity (Wildman–Crippen MR) is 89.5 cm³/mol. The van der Waals surface area contributed by atoms with Crippen LogP contribution in [0.2, 0.25) is 0 Å². The van der Waals surface area contributed by atoms with Crippen LogP contribution in [0.1, 0.15) is 39.2 Å². The van der Waals surface area contributed by atoms with E-state index in [9.17, 15) is 4.79 Å². The van der Waals surface area contributed by atoms with Crippen molar-refractivity contribution in [3.05, 3.63) is 23.8 Å². The molecule has 20 heavy (non-hydrogen) atoms. The van der Waals surface area contributed by atoms with Crippen LogP contribution in [-0.2, 0) is 9.53 Å². The Hall–Kier alpha value is -0.630. The Kier molecular flexibility index (Phi) is 7.50. The maximum absolute atomic E-state index is 11.8. The summed E-state index contributed by atoms with van der Waals surface area (Å²) < 4.78 is 16.0. The van der Waals surface area contributed by atoms with Crippen molar-refractivity contribution in [2.75, 3.05) is 6.61 Å². The predicted octanol–water partition coefficient (Wildman–Crippen LogP) is 4.52. The second-order valence-electron chi connectivity index (χ2n) is 3.93. The van der Waals surface area contributed by atoms with Crippen molar-refractivity contribution in [3.63, 3.8) is 0 Å². The molecule has 6 heteroatoms. The molecule has 0 spiro atoms. The highest BCUT2D eigenvalue weighted by atomic mass is 127. The number of halogens is 1. The average Bonchev–Trinajstić information content (AvgIpc) is 2.79. The van der Waals surface area contributed by atoms with Crippen molar-refractivity contribution in [2.24, 2.45) is 0 Å². The van der Waals surface area contributed by atoms with E-state index in [0.29, 0.717) is 6.61 Å². The molecular weight excluding hydrogens is 391 g/mol. The number of benzene rings is 1. The fourth-order valence-corrected chi connectivity index (χ4v) is 2.76. The largest absolute Gasteiger partial charge is 0.478 e. The Morgan fingerprint density at radius 3 is 2.75 bits per heavy atom. The Bertz CT molecular complexity index is 453. The third-order valence-electron chi connectivity index (χ3n) is 2.83. The van der Waals surface area contributed by atoms with Crippen LogP contribution >= 0.6 is 30.4 Å². The minimum absolute atomic E-state index is 0.0261. The van der Waals surface area contributed by atoms with Gasteiger partial charge in [0.1, 0.15) is 20.7 Å². The molecule has 112 valence electrons. The van der Waals surface area contributed by atoms with E-state index in [1.807, 2.05) is 39.0 Å². The summed E-state index contributed by atoms with van der Waals surface area (Å²) in [4.78, 5) is 11.8. The lowest BCUT2D eigenvalue weighted by Crippen LogP contribution is -2.29. The van der Waals surface area contributed by atoms with Crippen LogP contribution in [0, 0.1) is 0 Å². The first-order valence-corrected chi connectivity index (χ1v) is 9.88. The number of ether oxygens (including phenoxy) is 2. The van der Waals surface area contributed by atoms with Crippen molar-refractivity contribution in [1.29, 1.82) is 0 Å². The van der Waals surface area contributed by atoms with Crippen LogP contribution in [0.3, 0.4) is 0 Å². The molecule has 0 aromatic heterocycles. The van der Waals surface area contributed by atoms with Gasteiger partial charge in [-0.1, -0.05) is 20.8 Å². The first-order chi connectivity index (χ1) is 9.67. The first-order valence-electron chi connectivity index (χ1n) is 6.60. The molecule has 1 heterocycles. The van der Waals surface area contributed by atoms with Crippen molar-refractivity contribution >= 4 is 36.4 Å². The lowest BCUT2D eigenvalue weighted by atomic mass is 9.97. The highest BCUT2D eigenvalue weighted by molar-refractivity contribution is 14.2. The van der Waals surface area contributed by atoms with Gasteiger partial charge >= 0.3 is 5.97 Å². The van der Waals surface area contributed by atoms with Crippen LogP contribution in [-0.4, -0.2) is 18.7 Å². The molecule has 0 saturated heterocycles. The van der Waals surface area contributed by atoms with Gasteiger partial charge in [0.15, 0.2) is 0 Å². The summed E-state index contributed by atoms with van der Waals surface area (Å²) in [5.74, 6) is 1.15. The summed E-state index contributed by atoms with van der Waals surface area (Å²) in [6.45, 7) is 8.10. The molecule has 0 fully saturated rings. The van der Waals surface area contributed by atoms with Gasteiger partial charge in [0, 0.05) is 32.7 Å². The highest BCUT2D eigenvalue weighted by Gasteiger charge is 2.37. The molecule has 0 bridgehead atoms. The normalized spacial score (nSPS) is 19.2. The third kappa shape index (κ3) is 3.94. The molecule has 1 aliphatic heterocycles. The summed E-state index contributed by atoms with van der Waals surface area (Å²) in [5, 5.41) is 0. The lowest BCUT2D eigenvalue weighted by molar-refractivity contribution is -0.151. The lowest BCUT2D eigenvalue weighted by Gasteiger charge is -2.13. The molecule has 0 amide bonds. The van der Waals surface area contributed by atoms with E-state index in [4.69, 9.17) is 13.7 Å². The summed E-state index contributed by atoms with van der Waals surface area (Å²) in [6, 6.07) is 5.56. The third-order valence-corrected chi connectivity index (χ3v) is 3.62. The van der Waals surface area contributed by atoms with Gasteiger partial charge in [-0.2, -0.15) is 0 Å². The zero-order valence-electron chi connectivity index (χ0n) is 12.0. The summed E-state index contributed by atoms with van der Waals surface area (Å²) in [7, 11) is 1.25. The average molecular weight is 410 g/mol. The van der Waals surface area contributed by atoms with E-state index < -0.39 is 6.10 Å². The van der Waals surface area contributed by atoms with Crippen LogP contribution in [0.4, 0.5) is 0 Å². The van der Waals surface area contributed by atoms with E-state index in [1.165, 1.54) is 9.21 Å². The summed E-state index contributed by atoms with van der Waals surface area (Å²) in [6.07, 6.45) is -0.553. The van der Waals surface area contributed by atoms with E-state index in [2.05, 4.69) is 21.2 Å². The summed E-state index contributed by atoms with van der Waals surface area (Å²) >= 11 is 2.06. The van der Waals surface area contributed by atoms with Crippen molar-refractivity contribution in [3.8, 4) is 11.5 Å². The SMILES string of the molecule is CC.CCOC(=O)C1Oc2ccc(OSI)cc2C1C. The van der Waals surface area contributed by atoms with Gasteiger partial charge in [-0.3, -0.25) is 0 Å². The number of esters is 1. The molecular formula is C14H19IO4S. The van der Waals surface area contributed by atoms with E-state index >= 15 is 0 Å². The zero-order valence-corrected chi connectivity index (χ0v) is 15.0. The molecule has 0 saturated carbocycles. The number of carbonyl (C=O) groups excluding carboxylic acids is 1. The topological polar surface area (TPSA) is 44.8 Å². The van der Waals surface area contributed by atoms with Gasteiger partial charge in [-0.05, 0) is 25.1 Å². The van der Waals surface area contributed by atoms with E-state index in [-0.39, 0.29) is 11.9 Å². The van der Waals surface area contributed by atoms with Gasteiger partial charge in [-0.15, -0.1) is 0 Å². The van der Waals surface area contributed by atoms with Crippen LogP contribution in [0.15, 0.2) is 18.2 Å². The molecule has 0 N–H and O–H groups in total. The summed E-state index contributed by atoms with van der Waals surface area (Å²) in [5.41, 5.74) is 0.982. The molecule has 0 radical (unpaired) electrons. The fourth-order valence-electron chi connectivity index (χ4n) is 1.96. The van der Waals surface area contributed by atoms with Crippen LogP contribution in [0.25, 0.3) is 0 Å². The standard InChI is InChI=1S/C12H13IO4S.C2H6/c1-3-15-12(14)11-7(2)9-6-8(17-18-13)4-5-10(9)16-11;1-2/h4-7,11H,3H2,1-2H3;1-2H3. The highest BCUT2D eigenvalue weighted by Crippen LogP contribution is 2.41. The van der Waals surface area contributed by atoms with Crippen LogP contribution in [0.5, 0.6) is 11.5 Å². The zero-order chi connectivity index (χ0) is 15.1. The van der Waals surface area contributed by atoms with Gasteiger partial charge in [-0.25, -0.2) is 4.79 Å². The van der Waals surface area contributed by atoms with Gasteiger partial charge in [0.05, 0.1) is 6.61 Å². The van der Waals surface area contributed by atoms with Crippen molar-refractivity contribution < 1.29 is 18.5 Å². The Morgan fingerprint density at radius 1 is 1.45 bits per heavy atom. The van der Waals surface area contributed by atoms with E-state index in [0.717, 1.165) is 17.1 Å². The Morgan fingerprint density at radius 2 is 2.15 bits per heavy atom. The number of carbonyl (C=O) groups is 1. The molecule has 4 nitrogen and oxygen atoms in total.